The Balaban J connectivity index is 1.66. The molecule has 2 N–H and O–H groups in total. The van der Waals surface area contributed by atoms with Gasteiger partial charge in [-0.25, -0.2) is 14.6 Å². The predicted molar refractivity (Wildman–Crippen MR) is 118 cm³/mol. The van der Waals surface area contributed by atoms with Gasteiger partial charge in [0.15, 0.2) is 0 Å². The molecule has 1 aliphatic heterocycles. The highest BCUT2D eigenvalue weighted by molar-refractivity contribution is 5.84. The number of carbonyl (C=O) groups excluding carboxylic acids is 2. The van der Waals surface area contributed by atoms with E-state index in [2.05, 4.69) is 20.0 Å². The molecular formula is C24H23F3N4O4. The smallest absolute Gasteiger partial charge is 0.467 e. The molecule has 0 saturated carbocycles. The zero-order chi connectivity index (χ0) is 25.0. The quantitative estimate of drug-likeness (QED) is 0.516. The van der Waals surface area contributed by atoms with Gasteiger partial charge < -0.3 is 24.7 Å². The Morgan fingerprint density at radius 2 is 1.89 bits per heavy atom. The Labute approximate surface area is 199 Å². The second-order valence-electron chi connectivity index (χ2n) is 7.91. The molecule has 0 aliphatic carbocycles. The molecule has 0 unspecified atom stereocenters. The minimum absolute atomic E-state index is 0.116. The average molecular weight is 488 g/mol. The number of amides is 2. The minimum atomic E-state index is -4.92. The van der Waals surface area contributed by atoms with Crippen molar-refractivity contribution in [3.63, 3.8) is 0 Å². The van der Waals surface area contributed by atoms with Gasteiger partial charge >= 0.3 is 18.4 Å². The number of para-hydroxylation sites is 1. The van der Waals surface area contributed by atoms with Crippen molar-refractivity contribution < 1.29 is 32.2 Å². The number of hydrogen-bond acceptors (Lipinski definition) is 5. The summed E-state index contributed by atoms with van der Waals surface area (Å²) in [5.41, 5.74) is 2.03. The molecule has 2 heterocycles. The number of H-pyrrole nitrogens is 1. The summed E-state index contributed by atoms with van der Waals surface area (Å²) in [5.74, 6) is -1.08. The maximum Gasteiger partial charge on any atom is 0.573 e. The molecule has 184 valence electrons. The topological polar surface area (TPSA) is 96.6 Å². The van der Waals surface area contributed by atoms with Crippen molar-refractivity contribution in [2.75, 3.05) is 13.7 Å². The van der Waals surface area contributed by atoms with Crippen LogP contribution in [0, 0.1) is 0 Å². The van der Waals surface area contributed by atoms with Gasteiger partial charge in [-0.3, -0.25) is 0 Å². The number of alkyl halides is 3. The molecule has 4 rings (SSSR count). The largest absolute Gasteiger partial charge is 0.573 e. The lowest BCUT2D eigenvalue weighted by Gasteiger charge is -2.36. The van der Waals surface area contributed by atoms with E-state index in [1.54, 1.807) is 6.07 Å². The molecule has 1 aromatic heterocycles. The molecule has 2 atom stereocenters. The van der Waals surface area contributed by atoms with Gasteiger partial charge in [-0.1, -0.05) is 48.5 Å². The summed E-state index contributed by atoms with van der Waals surface area (Å²) in [6, 6.07) is 12.1. The Morgan fingerprint density at radius 3 is 2.60 bits per heavy atom. The van der Waals surface area contributed by atoms with Gasteiger partial charge in [-0.15, -0.1) is 13.2 Å². The molecule has 35 heavy (non-hydrogen) atoms. The third kappa shape index (κ3) is 5.56. The van der Waals surface area contributed by atoms with Crippen molar-refractivity contribution in [1.29, 1.82) is 0 Å². The highest BCUT2D eigenvalue weighted by Crippen LogP contribution is 2.39. The van der Waals surface area contributed by atoms with Crippen LogP contribution in [0.15, 0.2) is 60.9 Å². The molecule has 0 radical (unpaired) electrons. The highest BCUT2D eigenvalue weighted by atomic mass is 19.4. The molecular weight excluding hydrogens is 465 g/mol. The van der Waals surface area contributed by atoms with Gasteiger partial charge in [0.25, 0.3) is 0 Å². The van der Waals surface area contributed by atoms with Crippen LogP contribution in [0.4, 0.5) is 18.0 Å². The monoisotopic (exact) mass is 488 g/mol. The number of nitrogens with one attached hydrogen (secondary N) is 2. The summed E-state index contributed by atoms with van der Waals surface area (Å²) >= 11 is 0. The third-order valence-corrected chi connectivity index (χ3v) is 5.69. The first-order chi connectivity index (χ1) is 16.8. The standard InChI is InChI=1S/C24H23F3N4O4/c1-34-22(32)18(13-15-7-3-2-4-8-15)30-23(33)31-12-11-17-20(29-14-28-17)21(31)16-9-5-6-10-19(16)35-24(25,26)27/h2-10,14,18,21H,11-13H2,1H3,(H,28,29)(H,30,33)/t18-,21+/m1/s1. The summed E-state index contributed by atoms with van der Waals surface area (Å²) in [5, 5.41) is 2.69. The number of carbonyl (C=O) groups is 2. The molecule has 0 spiro atoms. The van der Waals surface area contributed by atoms with Gasteiger partial charge in [0.1, 0.15) is 17.8 Å². The SMILES string of the molecule is COC(=O)[C@@H](Cc1ccccc1)NC(=O)N1CCc2[nH]cnc2[C@@H]1c1ccccc1OC(F)(F)F. The van der Waals surface area contributed by atoms with Crippen LogP contribution in [0.1, 0.15) is 28.6 Å². The zero-order valence-electron chi connectivity index (χ0n) is 18.7. The molecule has 3 aromatic rings. The van der Waals surface area contributed by atoms with Crippen LogP contribution in [-0.2, 0) is 22.4 Å². The Kier molecular flexibility index (Phi) is 6.94. The summed E-state index contributed by atoms with van der Waals surface area (Å²) in [6.07, 6.45) is -2.90. The minimum Gasteiger partial charge on any atom is -0.467 e. The number of halogens is 3. The van der Waals surface area contributed by atoms with Gasteiger partial charge in [-0.05, 0) is 11.6 Å². The van der Waals surface area contributed by atoms with Crippen LogP contribution in [0.5, 0.6) is 5.75 Å². The van der Waals surface area contributed by atoms with Crippen molar-refractivity contribution in [2.45, 2.75) is 31.3 Å². The van der Waals surface area contributed by atoms with Gasteiger partial charge in [0, 0.05) is 30.6 Å². The van der Waals surface area contributed by atoms with Crippen molar-refractivity contribution in [3.8, 4) is 5.75 Å². The van der Waals surface area contributed by atoms with Crippen LogP contribution in [0.2, 0.25) is 0 Å². The van der Waals surface area contributed by atoms with Gasteiger partial charge in [-0.2, -0.15) is 0 Å². The van der Waals surface area contributed by atoms with Crippen LogP contribution < -0.4 is 10.1 Å². The van der Waals surface area contributed by atoms with E-state index >= 15 is 0 Å². The van der Waals surface area contributed by atoms with Crippen molar-refractivity contribution in [3.05, 3.63) is 83.4 Å². The Bertz CT molecular complexity index is 1180. The summed E-state index contributed by atoms with van der Waals surface area (Å²) < 4.78 is 48.4. The highest BCUT2D eigenvalue weighted by Gasteiger charge is 2.39. The van der Waals surface area contributed by atoms with E-state index in [0.717, 1.165) is 5.56 Å². The number of aromatic amines is 1. The molecule has 11 heteroatoms. The first kappa shape index (κ1) is 24.1. The van der Waals surface area contributed by atoms with E-state index < -0.39 is 36.2 Å². The number of urea groups is 1. The molecule has 0 fully saturated rings. The molecule has 2 aromatic carbocycles. The second kappa shape index (κ2) is 10.1. The molecule has 1 aliphatic rings. The van der Waals surface area contributed by atoms with E-state index in [4.69, 9.17) is 4.74 Å². The van der Waals surface area contributed by atoms with Crippen molar-refractivity contribution >= 4 is 12.0 Å². The summed E-state index contributed by atoms with van der Waals surface area (Å²) in [6.45, 7) is 0.172. The lowest BCUT2D eigenvalue weighted by Crippen LogP contribution is -2.52. The number of fused-ring (bicyclic) bond motifs is 1. The fourth-order valence-electron chi connectivity index (χ4n) is 4.15. The summed E-state index contributed by atoms with van der Waals surface area (Å²) in [7, 11) is 1.22. The van der Waals surface area contributed by atoms with E-state index in [-0.39, 0.29) is 18.5 Å². The first-order valence-electron chi connectivity index (χ1n) is 10.8. The van der Waals surface area contributed by atoms with Crippen molar-refractivity contribution in [2.24, 2.45) is 0 Å². The predicted octanol–water partition coefficient (Wildman–Crippen LogP) is 3.75. The fourth-order valence-corrected chi connectivity index (χ4v) is 4.15. The Morgan fingerprint density at radius 1 is 1.17 bits per heavy atom. The van der Waals surface area contributed by atoms with Crippen LogP contribution >= 0.6 is 0 Å². The molecule has 0 saturated heterocycles. The average Bonchev–Trinajstić information content (AvgIpc) is 3.31. The maximum absolute atomic E-state index is 13.4. The number of hydrogen-bond donors (Lipinski definition) is 2. The van der Waals surface area contributed by atoms with Gasteiger partial charge in [0.05, 0.1) is 19.1 Å². The number of methoxy groups -OCH3 is 1. The van der Waals surface area contributed by atoms with Crippen LogP contribution in [-0.4, -0.2) is 52.9 Å². The summed E-state index contributed by atoms with van der Waals surface area (Å²) in [4.78, 5) is 34.5. The van der Waals surface area contributed by atoms with Crippen LogP contribution in [0.3, 0.4) is 0 Å². The number of rotatable bonds is 6. The number of ether oxygens (including phenoxy) is 2. The second-order valence-corrected chi connectivity index (χ2v) is 7.91. The molecule has 0 bridgehead atoms. The number of benzene rings is 2. The molecule has 2 amide bonds. The van der Waals surface area contributed by atoms with Gasteiger partial charge in [0.2, 0.25) is 0 Å². The van der Waals surface area contributed by atoms with E-state index in [1.807, 2.05) is 30.3 Å². The van der Waals surface area contributed by atoms with Crippen LogP contribution in [0.25, 0.3) is 0 Å². The molecule has 8 nitrogen and oxygen atoms in total. The van der Waals surface area contributed by atoms with E-state index in [9.17, 15) is 22.8 Å². The maximum atomic E-state index is 13.4. The lowest BCUT2D eigenvalue weighted by molar-refractivity contribution is -0.275. The number of aromatic nitrogens is 2. The lowest BCUT2D eigenvalue weighted by atomic mass is 9.95. The van der Waals surface area contributed by atoms with E-state index in [1.165, 1.54) is 36.5 Å². The fraction of sp³-hybridized carbons (Fsp3) is 0.292. The zero-order valence-corrected chi connectivity index (χ0v) is 18.7. The normalized spacial score (nSPS) is 16.2. The number of imidazole rings is 1. The Hall–Kier alpha value is -4.02. The number of nitrogens with zero attached hydrogens (tertiary/aromatic N) is 2. The van der Waals surface area contributed by atoms with Crippen molar-refractivity contribution in [1.82, 2.24) is 20.2 Å². The number of esters is 1. The third-order valence-electron chi connectivity index (χ3n) is 5.69. The van der Waals surface area contributed by atoms with E-state index in [0.29, 0.717) is 17.8 Å². The first-order valence-corrected chi connectivity index (χ1v) is 10.8.